The first-order chi connectivity index (χ1) is 11.2. The molecular formula is C18H18N2O3. The lowest BCUT2D eigenvalue weighted by Gasteiger charge is -2.08. The molecule has 3 aromatic rings. The van der Waals surface area contributed by atoms with Gasteiger partial charge >= 0.3 is 5.97 Å². The Morgan fingerprint density at radius 3 is 2.65 bits per heavy atom. The number of methoxy groups -OCH3 is 2. The zero-order valence-electron chi connectivity index (χ0n) is 13.1. The Hall–Kier alpha value is -2.79. The van der Waals surface area contributed by atoms with Gasteiger partial charge in [-0.1, -0.05) is 12.1 Å². The highest BCUT2D eigenvalue weighted by Gasteiger charge is 2.14. The summed E-state index contributed by atoms with van der Waals surface area (Å²) in [5.74, 6) is 0.0632. The van der Waals surface area contributed by atoms with Crippen LogP contribution in [0.3, 0.4) is 0 Å². The number of nitrogens with two attached hydrogens (primary N) is 1. The van der Waals surface area contributed by atoms with Crippen LogP contribution in [0.25, 0.3) is 22.2 Å². The monoisotopic (exact) mass is 310 g/mol. The Morgan fingerprint density at radius 1 is 1.13 bits per heavy atom. The van der Waals surface area contributed by atoms with E-state index in [1.165, 1.54) is 14.2 Å². The molecule has 0 aliphatic rings. The molecule has 0 radical (unpaired) electrons. The van der Waals surface area contributed by atoms with Crippen molar-refractivity contribution in [2.45, 2.75) is 6.54 Å². The number of aromatic amines is 1. The number of carbonyl (C=O) groups is 1. The second kappa shape index (κ2) is 6.14. The van der Waals surface area contributed by atoms with E-state index < -0.39 is 5.97 Å². The van der Waals surface area contributed by atoms with Crippen LogP contribution >= 0.6 is 0 Å². The normalized spacial score (nSPS) is 10.7. The minimum absolute atomic E-state index is 0.403. The van der Waals surface area contributed by atoms with Crippen LogP contribution < -0.4 is 10.5 Å². The Labute approximate surface area is 134 Å². The molecule has 3 N–H and O–H groups in total. The van der Waals surface area contributed by atoms with Crippen molar-refractivity contribution in [3.63, 3.8) is 0 Å². The predicted octanol–water partition coefficient (Wildman–Crippen LogP) is 3.09. The lowest BCUT2D eigenvalue weighted by atomic mass is 10.1. The molecule has 1 aromatic heterocycles. The number of hydrogen-bond acceptors (Lipinski definition) is 4. The first-order valence-corrected chi connectivity index (χ1v) is 7.24. The van der Waals surface area contributed by atoms with E-state index in [-0.39, 0.29) is 0 Å². The van der Waals surface area contributed by atoms with Gasteiger partial charge in [-0.25, -0.2) is 4.79 Å². The van der Waals surface area contributed by atoms with Gasteiger partial charge in [-0.3, -0.25) is 0 Å². The van der Waals surface area contributed by atoms with E-state index >= 15 is 0 Å². The Kier molecular flexibility index (Phi) is 4.04. The molecule has 0 saturated heterocycles. The van der Waals surface area contributed by atoms with E-state index in [9.17, 15) is 4.79 Å². The van der Waals surface area contributed by atoms with Crippen LogP contribution in [0.5, 0.6) is 5.75 Å². The molecule has 0 aliphatic heterocycles. The van der Waals surface area contributed by atoms with Gasteiger partial charge in [0.1, 0.15) is 11.3 Å². The van der Waals surface area contributed by atoms with Crippen molar-refractivity contribution in [3.05, 3.63) is 53.6 Å². The molecule has 23 heavy (non-hydrogen) atoms. The van der Waals surface area contributed by atoms with Crippen LogP contribution in [0, 0.1) is 0 Å². The number of fused-ring (bicyclic) bond motifs is 1. The third-order valence-electron chi connectivity index (χ3n) is 3.84. The van der Waals surface area contributed by atoms with Gasteiger partial charge in [0.05, 0.1) is 14.2 Å². The molecule has 0 unspecified atom stereocenters. The van der Waals surface area contributed by atoms with Crippen LogP contribution in [0.2, 0.25) is 0 Å². The van der Waals surface area contributed by atoms with Gasteiger partial charge in [-0.15, -0.1) is 0 Å². The number of carbonyl (C=O) groups excluding carboxylic acids is 1. The first kappa shape index (κ1) is 15.1. The zero-order valence-corrected chi connectivity index (χ0v) is 13.1. The highest BCUT2D eigenvalue weighted by atomic mass is 16.5. The minimum atomic E-state index is -0.419. The zero-order chi connectivity index (χ0) is 16.4. The molecule has 5 heteroatoms. The highest BCUT2D eigenvalue weighted by molar-refractivity contribution is 5.94. The maximum Gasteiger partial charge on any atom is 0.341 e. The standard InChI is InChI=1S/C18H18N2O3/c1-22-17-9-12(4-5-14(17)18(21)23-2)16-8-13-7-11(10-19)3-6-15(13)20-16/h3-9,20H,10,19H2,1-2H3. The maximum atomic E-state index is 11.7. The van der Waals surface area contributed by atoms with E-state index in [1.807, 2.05) is 24.3 Å². The largest absolute Gasteiger partial charge is 0.496 e. The summed E-state index contributed by atoms with van der Waals surface area (Å²) in [5, 5.41) is 1.10. The Morgan fingerprint density at radius 2 is 1.96 bits per heavy atom. The van der Waals surface area contributed by atoms with Crippen LogP contribution in [0.1, 0.15) is 15.9 Å². The van der Waals surface area contributed by atoms with Crippen molar-refractivity contribution < 1.29 is 14.3 Å². The van der Waals surface area contributed by atoms with Crippen LogP contribution in [-0.2, 0) is 11.3 Å². The van der Waals surface area contributed by atoms with E-state index in [1.54, 1.807) is 6.07 Å². The van der Waals surface area contributed by atoms with Crippen molar-refractivity contribution in [1.29, 1.82) is 0 Å². The van der Waals surface area contributed by atoms with Gasteiger partial charge in [0.25, 0.3) is 0 Å². The number of benzene rings is 2. The molecule has 2 aromatic carbocycles. The summed E-state index contributed by atoms with van der Waals surface area (Å²) in [6.07, 6.45) is 0. The van der Waals surface area contributed by atoms with Crippen molar-refractivity contribution in [2.24, 2.45) is 5.73 Å². The summed E-state index contributed by atoms with van der Waals surface area (Å²) >= 11 is 0. The fraction of sp³-hybridized carbons (Fsp3) is 0.167. The fourth-order valence-electron chi connectivity index (χ4n) is 2.60. The summed E-state index contributed by atoms with van der Waals surface area (Å²) < 4.78 is 10.1. The van der Waals surface area contributed by atoms with E-state index in [2.05, 4.69) is 17.1 Å². The number of hydrogen-bond donors (Lipinski definition) is 2. The van der Waals surface area contributed by atoms with E-state index in [0.29, 0.717) is 17.9 Å². The molecular weight excluding hydrogens is 292 g/mol. The lowest BCUT2D eigenvalue weighted by molar-refractivity contribution is 0.0597. The molecule has 118 valence electrons. The lowest BCUT2D eigenvalue weighted by Crippen LogP contribution is -2.04. The van der Waals surface area contributed by atoms with Crippen LogP contribution in [-0.4, -0.2) is 25.2 Å². The minimum Gasteiger partial charge on any atom is -0.496 e. The Bertz CT molecular complexity index is 868. The summed E-state index contributed by atoms with van der Waals surface area (Å²) in [6.45, 7) is 0.512. The van der Waals surface area contributed by atoms with Crippen LogP contribution in [0.4, 0.5) is 0 Å². The number of aromatic nitrogens is 1. The molecule has 3 rings (SSSR count). The maximum absolute atomic E-state index is 11.7. The number of esters is 1. The number of ether oxygens (including phenoxy) is 2. The molecule has 0 amide bonds. The smallest absolute Gasteiger partial charge is 0.341 e. The quantitative estimate of drug-likeness (QED) is 0.726. The first-order valence-electron chi connectivity index (χ1n) is 7.24. The van der Waals surface area contributed by atoms with Crippen molar-refractivity contribution in [3.8, 4) is 17.0 Å². The van der Waals surface area contributed by atoms with Crippen molar-refractivity contribution >= 4 is 16.9 Å². The molecule has 0 aliphatic carbocycles. The van der Waals surface area contributed by atoms with Crippen molar-refractivity contribution in [1.82, 2.24) is 4.98 Å². The number of H-pyrrole nitrogens is 1. The summed E-state index contributed by atoms with van der Waals surface area (Å²) in [7, 11) is 2.88. The fourth-order valence-corrected chi connectivity index (χ4v) is 2.60. The van der Waals surface area contributed by atoms with Gasteiger partial charge in [-0.05, 0) is 35.9 Å². The van der Waals surface area contributed by atoms with Crippen LogP contribution in [0.15, 0.2) is 42.5 Å². The molecule has 5 nitrogen and oxygen atoms in total. The number of nitrogens with one attached hydrogen (secondary N) is 1. The number of rotatable bonds is 4. The summed E-state index contributed by atoms with van der Waals surface area (Å²) in [4.78, 5) is 15.1. The molecule has 0 atom stereocenters. The molecule has 0 bridgehead atoms. The highest BCUT2D eigenvalue weighted by Crippen LogP contribution is 2.30. The summed E-state index contributed by atoms with van der Waals surface area (Å²) in [5.41, 5.74) is 10.1. The molecule has 0 spiro atoms. The van der Waals surface area contributed by atoms with Gasteiger partial charge in [0.15, 0.2) is 0 Å². The second-order valence-electron chi connectivity index (χ2n) is 5.22. The van der Waals surface area contributed by atoms with Gasteiger partial charge in [-0.2, -0.15) is 0 Å². The van der Waals surface area contributed by atoms with Gasteiger partial charge in [0.2, 0.25) is 0 Å². The van der Waals surface area contributed by atoms with E-state index in [4.69, 9.17) is 15.2 Å². The third kappa shape index (κ3) is 2.78. The summed E-state index contributed by atoms with van der Waals surface area (Å²) in [6, 6.07) is 13.5. The SMILES string of the molecule is COC(=O)c1ccc(-c2cc3cc(CN)ccc3[nH]2)cc1OC. The Balaban J connectivity index is 2.06. The van der Waals surface area contributed by atoms with Crippen molar-refractivity contribution in [2.75, 3.05) is 14.2 Å². The third-order valence-corrected chi connectivity index (χ3v) is 3.84. The average molecular weight is 310 g/mol. The molecule has 1 heterocycles. The van der Waals surface area contributed by atoms with Gasteiger partial charge < -0.3 is 20.2 Å². The molecule has 0 saturated carbocycles. The second-order valence-corrected chi connectivity index (χ2v) is 5.22. The predicted molar refractivity (Wildman–Crippen MR) is 89.5 cm³/mol. The van der Waals surface area contributed by atoms with Gasteiger partial charge in [0, 0.05) is 28.7 Å². The average Bonchev–Trinajstić information content (AvgIpc) is 3.03. The van der Waals surface area contributed by atoms with E-state index in [0.717, 1.165) is 27.7 Å². The molecule has 0 fully saturated rings. The topological polar surface area (TPSA) is 77.3 Å².